The summed E-state index contributed by atoms with van der Waals surface area (Å²) in [5.41, 5.74) is 3.64. The number of ether oxygens (including phenoxy) is 1. The Bertz CT molecular complexity index is 584. The summed E-state index contributed by atoms with van der Waals surface area (Å²) in [6.45, 7) is 5.65. The molecule has 1 aromatic carbocycles. The van der Waals surface area contributed by atoms with Crippen molar-refractivity contribution in [3.63, 3.8) is 0 Å². The molecule has 1 saturated heterocycles. The van der Waals surface area contributed by atoms with Crippen LogP contribution in [0.1, 0.15) is 22.9 Å². The second-order valence-corrected chi connectivity index (χ2v) is 6.09. The molecule has 4 nitrogen and oxygen atoms in total. The fourth-order valence-corrected chi connectivity index (χ4v) is 2.95. The van der Waals surface area contributed by atoms with Crippen LogP contribution in [-0.4, -0.2) is 34.8 Å². The quantitative estimate of drug-likeness (QED) is 0.937. The molecule has 1 fully saturated rings. The van der Waals surface area contributed by atoms with Crippen LogP contribution in [0.5, 0.6) is 0 Å². The normalized spacial score (nSPS) is 20.2. The van der Waals surface area contributed by atoms with Gasteiger partial charge in [-0.15, -0.1) is 0 Å². The van der Waals surface area contributed by atoms with E-state index in [1.807, 2.05) is 12.3 Å². The van der Waals surface area contributed by atoms with Gasteiger partial charge in [0.2, 0.25) is 0 Å². The lowest BCUT2D eigenvalue weighted by Gasteiger charge is -2.33. The average molecular weight is 336 g/mol. The van der Waals surface area contributed by atoms with Crippen molar-refractivity contribution in [3.05, 3.63) is 51.8 Å². The first-order valence-electron chi connectivity index (χ1n) is 6.80. The van der Waals surface area contributed by atoms with E-state index in [1.54, 1.807) is 0 Å². The molecule has 1 aliphatic rings. The van der Waals surface area contributed by atoms with Gasteiger partial charge in [0.25, 0.3) is 0 Å². The lowest BCUT2D eigenvalue weighted by Crippen LogP contribution is -2.37. The minimum absolute atomic E-state index is 0.147. The average Bonchev–Trinajstić information content (AvgIpc) is 2.85. The monoisotopic (exact) mass is 335 g/mol. The minimum atomic E-state index is 0.147. The molecule has 0 radical (unpaired) electrons. The van der Waals surface area contributed by atoms with Gasteiger partial charge in [0.1, 0.15) is 0 Å². The molecule has 2 aromatic rings. The minimum Gasteiger partial charge on any atom is -0.371 e. The van der Waals surface area contributed by atoms with Gasteiger partial charge in [-0.3, -0.25) is 10.00 Å². The van der Waals surface area contributed by atoms with Crippen LogP contribution in [0.15, 0.2) is 34.9 Å². The zero-order valence-corrected chi connectivity index (χ0v) is 13.1. The fourth-order valence-electron chi connectivity index (χ4n) is 2.53. The first-order chi connectivity index (χ1) is 9.72. The van der Waals surface area contributed by atoms with Crippen molar-refractivity contribution in [3.8, 4) is 0 Å². The summed E-state index contributed by atoms with van der Waals surface area (Å²) in [4.78, 5) is 2.42. The van der Waals surface area contributed by atoms with Crippen LogP contribution >= 0.6 is 15.9 Å². The van der Waals surface area contributed by atoms with Crippen LogP contribution in [-0.2, 0) is 11.3 Å². The molecule has 106 valence electrons. The first-order valence-corrected chi connectivity index (χ1v) is 7.60. The highest BCUT2D eigenvalue weighted by molar-refractivity contribution is 9.10. The number of nitrogens with zero attached hydrogens (tertiary/aromatic N) is 2. The third-order valence-corrected chi connectivity index (χ3v) is 4.19. The smallest absolute Gasteiger partial charge is 0.0952 e. The number of aryl methyl sites for hydroxylation is 1. The molecular formula is C15H18BrN3O. The Morgan fingerprint density at radius 2 is 2.40 bits per heavy atom. The summed E-state index contributed by atoms with van der Waals surface area (Å²) in [6.07, 6.45) is 2.06. The Hall–Kier alpha value is -1.17. The van der Waals surface area contributed by atoms with E-state index in [0.29, 0.717) is 0 Å². The van der Waals surface area contributed by atoms with Gasteiger partial charge in [0, 0.05) is 35.4 Å². The molecule has 1 aromatic heterocycles. The number of morpholine rings is 1. The summed E-state index contributed by atoms with van der Waals surface area (Å²) < 4.78 is 7.01. The SMILES string of the molecule is Cc1[nH]ncc1CN1CCO[C@@H](c2cccc(Br)c2)C1. The van der Waals surface area contributed by atoms with Crippen molar-refractivity contribution in [2.45, 2.75) is 19.6 Å². The molecule has 1 atom stereocenters. The highest BCUT2D eigenvalue weighted by Gasteiger charge is 2.22. The van der Waals surface area contributed by atoms with Crippen molar-refractivity contribution in [2.24, 2.45) is 0 Å². The van der Waals surface area contributed by atoms with Crippen LogP contribution in [0.3, 0.4) is 0 Å². The first kappa shape index (κ1) is 13.8. The lowest BCUT2D eigenvalue weighted by atomic mass is 10.1. The Kier molecular flexibility index (Phi) is 4.19. The van der Waals surface area contributed by atoms with Crippen LogP contribution in [0, 0.1) is 6.92 Å². The Balaban J connectivity index is 1.69. The Labute approximate surface area is 127 Å². The van der Waals surface area contributed by atoms with Gasteiger partial charge >= 0.3 is 0 Å². The molecule has 0 saturated carbocycles. The highest BCUT2D eigenvalue weighted by atomic mass is 79.9. The summed E-state index contributed by atoms with van der Waals surface area (Å²) in [5.74, 6) is 0. The summed E-state index contributed by atoms with van der Waals surface area (Å²) >= 11 is 3.52. The number of aromatic nitrogens is 2. The number of rotatable bonds is 3. The molecule has 0 bridgehead atoms. The van der Waals surface area contributed by atoms with Gasteiger partial charge in [0.05, 0.1) is 18.9 Å². The van der Waals surface area contributed by atoms with Crippen LogP contribution in [0.4, 0.5) is 0 Å². The van der Waals surface area contributed by atoms with Gasteiger partial charge < -0.3 is 4.74 Å². The topological polar surface area (TPSA) is 41.2 Å². The summed E-state index contributed by atoms with van der Waals surface area (Å²) in [5, 5.41) is 7.08. The second-order valence-electron chi connectivity index (χ2n) is 5.17. The van der Waals surface area contributed by atoms with Crippen LogP contribution in [0.2, 0.25) is 0 Å². The Morgan fingerprint density at radius 3 is 3.15 bits per heavy atom. The van der Waals surface area contributed by atoms with E-state index >= 15 is 0 Å². The van der Waals surface area contributed by atoms with Crippen LogP contribution in [0.25, 0.3) is 0 Å². The van der Waals surface area contributed by atoms with E-state index in [4.69, 9.17) is 4.74 Å². The van der Waals surface area contributed by atoms with Crippen molar-refractivity contribution >= 4 is 15.9 Å². The largest absolute Gasteiger partial charge is 0.371 e. The van der Waals surface area contributed by atoms with E-state index in [9.17, 15) is 0 Å². The van der Waals surface area contributed by atoms with Gasteiger partial charge in [-0.05, 0) is 24.6 Å². The maximum absolute atomic E-state index is 5.91. The summed E-state index contributed by atoms with van der Waals surface area (Å²) in [6, 6.07) is 8.36. The van der Waals surface area contributed by atoms with Crippen molar-refractivity contribution in [1.82, 2.24) is 15.1 Å². The van der Waals surface area contributed by atoms with Crippen LogP contribution < -0.4 is 0 Å². The third-order valence-electron chi connectivity index (χ3n) is 3.70. The maximum atomic E-state index is 5.91. The number of nitrogens with one attached hydrogen (secondary N) is 1. The zero-order valence-electron chi connectivity index (χ0n) is 11.5. The molecule has 2 heterocycles. The standard InChI is InChI=1S/C15H18BrN3O/c1-11-13(8-17-18-11)9-19-5-6-20-15(10-19)12-3-2-4-14(16)7-12/h2-4,7-8,15H,5-6,9-10H2,1H3,(H,17,18)/t15-/m1/s1. The molecule has 0 spiro atoms. The van der Waals surface area contributed by atoms with Gasteiger partial charge in [0.15, 0.2) is 0 Å². The predicted octanol–water partition coefficient (Wildman–Crippen LogP) is 3.05. The van der Waals surface area contributed by atoms with E-state index in [-0.39, 0.29) is 6.10 Å². The van der Waals surface area contributed by atoms with E-state index < -0.39 is 0 Å². The van der Waals surface area contributed by atoms with Gasteiger partial charge in [-0.1, -0.05) is 28.1 Å². The number of H-pyrrole nitrogens is 1. The van der Waals surface area contributed by atoms with Crippen molar-refractivity contribution in [2.75, 3.05) is 19.7 Å². The van der Waals surface area contributed by atoms with Gasteiger partial charge in [-0.2, -0.15) is 5.10 Å². The summed E-state index contributed by atoms with van der Waals surface area (Å²) in [7, 11) is 0. The number of aromatic amines is 1. The molecule has 0 aliphatic carbocycles. The molecule has 0 unspecified atom stereocenters. The predicted molar refractivity (Wildman–Crippen MR) is 81.4 cm³/mol. The third kappa shape index (κ3) is 3.11. The molecule has 0 amide bonds. The number of hydrogen-bond donors (Lipinski definition) is 1. The maximum Gasteiger partial charge on any atom is 0.0952 e. The number of hydrogen-bond acceptors (Lipinski definition) is 3. The van der Waals surface area contributed by atoms with E-state index in [1.165, 1.54) is 11.1 Å². The molecule has 1 aliphatic heterocycles. The fraction of sp³-hybridized carbons (Fsp3) is 0.400. The molecule has 20 heavy (non-hydrogen) atoms. The van der Waals surface area contributed by atoms with E-state index in [0.717, 1.165) is 36.4 Å². The number of halogens is 1. The molecule has 3 rings (SSSR count). The zero-order chi connectivity index (χ0) is 13.9. The highest BCUT2D eigenvalue weighted by Crippen LogP contribution is 2.25. The molecule has 1 N–H and O–H groups in total. The lowest BCUT2D eigenvalue weighted by molar-refractivity contribution is -0.0330. The second kappa shape index (κ2) is 6.08. The van der Waals surface area contributed by atoms with Crippen molar-refractivity contribution in [1.29, 1.82) is 0 Å². The van der Waals surface area contributed by atoms with E-state index in [2.05, 4.69) is 56.2 Å². The molecule has 5 heteroatoms. The van der Waals surface area contributed by atoms with Crippen molar-refractivity contribution < 1.29 is 4.74 Å². The Morgan fingerprint density at radius 1 is 1.50 bits per heavy atom. The molecular weight excluding hydrogens is 318 g/mol. The van der Waals surface area contributed by atoms with Gasteiger partial charge in [-0.25, -0.2) is 0 Å². The number of benzene rings is 1.